The van der Waals surface area contributed by atoms with Crippen LogP contribution in [-0.2, 0) is 11.2 Å². The largest absolute Gasteiger partial charge is 0.493 e. The van der Waals surface area contributed by atoms with E-state index < -0.39 is 5.97 Å². The number of rotatable bonds is 4. The number of halogens is 1. The van der Waals surface area contributed by atoms with Crippen LogP contribution in [0, 0.1) is 0 Å². The van der Waals surface area contributed by atoms with Gasteiger partial charge in [-0.2, -0.15) is 0 Å². The molecule has 0 spiro atoms. The maximum Gasteiger partial charge on any atom is 0.304 e. The maximum atomic E-state index is 10.4. The van der Waals surface area contributed by atoms with E-state index in [0.717, 1.165) is 28.1 Å². The van der Waals surface area contributed by atoms with Crippen molar-refractivity contribution in [2.24, 2.45) is 0 Å². The molecule has 1 N–H and O–H groups in total. The predicted octanol–water partition coefficient (Wildman–Crippen LogP) is 2.95. The Balaban J connectivity index is 2.06. The van der Waals surface area contributed by atoms with Crippen LogP contribution in [0.25, 0.3) is 0 Å². The fraction of sp³-hybridized carbons (Fsp3) is 0.364. The second-order valence-corrected chi connectivity index (χ2v) is 5.47. The van der Waals surface area contributed by atoms with Crippen molar-refractivity contribution in [1.29, 1.82) is 0 Å². The molecule has 1 aliphatic rings. The summed E-state index contributed by atoms with van der Waals surface area (Å²) in [6.07, 6.45) is 1.13. The van der Waals surface area contributed by atoms with Gasteiger partial charge in [0.2, 0.25) is 0 Å². The lowest BCUT2D eigenvalue weighted by molar-refractivity contribution is -0.136. The normalized spacial score (nSPS) is 13.3. The van der Waals surface area contributed by atoms with Crippen LogP contribution < -0.4 is 4.74 Å². The van der Waals surface area contributed by atoms with Crippen LogP contribution in [-0.4, -0.2) is 23.4 Å². The highest BCUT2D eigenvalue weighted by molar-refractivity contribution is 9.10. The fourth-order valence-corrected chi connectivity index (χ4v) is 3.15. The molecule has 0 radical (unpaired) electrons. The molecule has 2 rings (SSSR count). The lowest BCUT2D eigenvalue weighted by Gasteiger charge is -2.06. The number of thioether (sulfide) groups is 1. The molecule has 0 aromatic heterocycles. The van der Waals surface area contributed by atoms with E-state index in [1.165, 1.54) is 17.3 Å². The van der Waals surface area contributed by atoms with Crippen molar-refractivity contribution < 1.29 is 14.6 Å². The molecule has 0 saturated carbocycles. The summed E-state index contributed by atoms with van der Waals surface area (Å²) in [6.45, 7) is 0.741. The molecule has 0 fully saturated rings. The first-order valence-corrected chi connectivity index (χ1v) is 6.74. The number of aliphatic carboxylic acids is 1. The minimum Gasteiger partial charge on any atom is -0.493 e. The average molecular weight is 303 g/mol. The van der Waals surface area contributed by atoms with E-state index in [-0.39, 0.29) is 6.42 Å². The van der Waals surface area contributed by atoms with E-state index in [1.807, 2.05) is 6.07 Å². The van der Waals surface area contributed by atoms with Gasteiger partial charge in [0.15, 0.2) is 0 Å². The van der Waals surface area contributed by atoms with Gasteiger partial charge in [-0.1, -0.05) is 0 Å². The van der Waals surface area contributed by atoms with Gasteiger partial charge in [0.25, 0.3) is 0 Å². The Kier molecular flexibility index (Phi) is 3.76. The van der Waals surface area contributed by atoms with Crippen molar-refractivity contribution >= 4 is 33.7 Å². The number of hydrogen-bond donors (Lipinski definition) is 1. The Bertz CT molecular complexity index is 420. The first kappa shape index (κ1) is 11.8. The van der Waals surface area contributed by atoms with E-state index in [0.29, 0.717) is 5.75 Å². The molecule has 1 aliphatic heterocycles. The van der Waals surface area contributed by atoms with Gasteiger partial charge in [0.05, 0.1) is 13.0 Å². The number of ether oxygens (including phenoxy) is 1. The fourth-order valence-electron chi connectivity index (χ4n) is 1.54. The van der Waals surface area contributed by atoms with Gasteiger partial charge >= 0.3 is 5.97 Å². The monoisotopic (exact) mass is 302 g/mol. The Morgan fingerprint density at radius 2 is 2.38 bits per heavy atom. The molecule has 1 aromatic carbocycles. The number of carboxylic acids is 1. The third-order valence-corrected chi connectivity index (χ3v) is 4.29. The van der Waals surface area contributed by atoms with Gasteiger partial charge in [-0.25, -0.2) is 0 Å². The third-order valence-electron chi connectivity index (χ3n) is 2.32. The van der Waals surface area contributed by atoms with Crippen molar-refractivity contribution in [2.75, 3.05) is 12.4 Å². The zero-order chi connectivity index (χ0) is 11.5. The molecular formula is C11H11BrO3S. The summed E-state index contributed by atoms with van der Waals surface area (Å²) < 4.78 is 6.49. The molecule has 0 bridgehead atoms. The van der Waals surface area contributed by atoms with E-state index >= 15 is 0 Å². The van der Waals surface area contributed by atoms with Crippen LogP contribution in [0.5, 0.6) is 5.75 Å². The molecule has 0 saturated heterocycles. The zero-order valence-electron chi connectivity index (χ0n) is 8.53. The third kappa shape index (κ3) is 2.71. The van der Waals surface area contributed by atoms with Crippen LogP contribution in [0.4, 0.5) is 0 Å². The molecule has 1 aromatic rings. The van der Waals surface area contributed by atoms with Crippen molar-refractivity contribution in [1.82, 2.24) is 0 Å². The number of fused-ring (bicyclic) bond motifs is 1. The van der Waals surface area contributed by atoms with E-state index in [2.05, 4.69) is 22.0 Å². The van der Waals surface area contributed by atoms with E-state index in [4.69, 9.17) is 9.84 Å². The Labute approximate surface area is 106 Å². The van der Waals surface area contributed by atoms with Crippen molar-refractivity contribution in [2.45, 2.75) is 17.7 Å². The molecule has 16 heavy (non-hydrogen) atoms. The first-order chi connectivity index (χ1) is 7.66. The predicted molar refractivity (Wildman–Crippen MR) is 66.3 cm³/mol. The summed E-state index contributed by atoms with van der Waals surface area (Å²) in [5.41, 5.74) is 1.22. The second-order valence-electron chi connectivity index (χ2n) is 3.48. The highest BCUT2D eigenvalue weighted by Crippen LogP contribution is 2.36. The average Bonchev–Trinajstić information content (AvgIpc) is 2.64. The molecule has 0 aliphatic carbocycles. The maximum absolute atomic E-state index is 10.4. The van der Waals surface area contributed by atoms with E-state index in [9.17, 15) is 4.79 Å². The Hall–Kier alpha value is -0.680. The molecule has 0 atom stereocenters. The van der Waals surface area contributed by atoms with Crippen LogP contribution in [0.3, 0.4) is 0 Å². The number of carbonyl (C=O) groups is 1. The van der Waals surface area contributed by atoms with Crippen molar-refractivity contribution in [3.8, 4) is 5.75 Å². The standard InChI is InChI=1S/C11H11BrO3S/c12-8-5-7-1-3-15-9(7)6-10(8)16-4-2-11(13)14/h5-6H,1-4H2,(H,13,14). The summed E-state index contributed by atoms with van der Waals surface area (Å²) in [7, 11) is 0. The van der Waals surface area contributed by atoms with Gasteiger partial charge in [0.1, 0.15) is 5.75 Å². The molecule has 3 nitrogen and oxygen atoms in total. The molecule has 1 heterocycles. The van der Waals surface area contributed by atoms with Crippen LogP contribution >= 0.6 is 27.7 Å². The number of carboxylic acid groups (broad SMARTS) is 1. The van der Waals surface area contributed by atoms with Crippen LogP contribution in [0.2, 0.25) is 0 Å². The summed E-state index contributed by atoms with van der Waals surface area (Å²) in [5.74, 6) is 0.745. The van der Waals surface area contributed by atoms with Gasteiger partial charge in [-0.3, -0.25) is 4.79 Å². The smallest absolute Gasteiger partial charge is 0.304 e. The summed E-state index contributed by atoms with van der Waals surface area (Å²) in [4.78, 5) is 11.5. The van der Waals surface area contributed by atoms with Gasteiger partial charge < -0.3 is 9.84 Å². The zero-order valence-corrected chi connectivity index (χ0v) is 10.9. The van der Waals surface area contributed by atoms with Crippen LogP contribution in [0.1, 0.15) is 12.0 Å². The summed E-state index contributed by atoms with van der Waals surface area (Å²) in [6, 6.07) is 4.05. The SMILES string of the molecule is O=C(O)CCSc1cc2c(cc1Br)CCO2. The van der Waals surface area contributed by atoms with Crippen molar-refractivity contribution in [3.05, 3.63) is 22.2 Å². The molecule has 5 heteroatoms. The number of benzene rings is 1. The lowest BCUT2D eigenvalue weighted by atomic mass is 10.2. The Morgan fingerprint density at radius 3 is 3.12 bits per heavy atom. The van der Waals surface area contributed by atoms with Gasteiger partial charge in [0, 0.05) is 21.5 Å². The highest BCUT2D eigenvalue weighted by atomic mass is 79.9. The summed E-state index contributed by atoms with van der Waals surface area (Å²) >= 11 is 5.03. The van der Waals surface area contributed by atoms with Gasteiger partial charge in [-0.05, 0) is 33.6 Å². The first-order valence-electron chi connectivity index (χ1n) is 4.96. The van der Waals surface area contributed by atoms with Gasteiger partial charge in [-0.15, -0.1) is 11.8 Å². The summed E-state index contributed by atoms with van der Waals surface area (Å²) in [5, 5.41) is 8.57. The molecule has 0 amide bonds. The highest BCUT2D eigenvalue weighted by Gasteiger charge is 2.15. The minimum atomic E-state index is -0.763. The Morgan fingerprint density at radius 1 is 1.56 bits per heavy atom. The second kappa shape index (κ2) is 5.10. The van der Waals surface area contributed by atoms with E-state index in [1.54, 1.807) is 0 Å². The molecular weight excluding hydrogens is 292 g/mol. The lowest BCUT2D eigenvalue weighted by Crippen LogP contribution is -1.95. The number of hydrogen-bond acceptors (Lipinski definition) is 3. The topological polar surface area (TPSA) is 46.5 Å². The molecule has 0 unspecified atom stereocenters. The quantitative estimate of drug-likeness (QED) is 0.869. The van der Waals surface area contributed by atoms with Crippen LogP contribution in [0.15, 0.2) is 21.5 Å². The molecule has 86 valence electrons. The van der Waals surface area contributed by atoms with Crippen molar-refractivity contribution in [3.63, 3.8) is 0 Å². The minimum absolute atomic E-state index is 0.176.